The predicted octanol–water partition coefficient (Wildman–Crippen LogP) is 1.88. The molecule has 1 aromatic rings. The SMILES string of the molecule is COc1ccc(C(CO)NCC(F)(F)F)cc1. The molecule has 0 amide bonds. The summed E-state index contributed by atoms with van der Waals surface area (Å²) in [4.78, 5) is 0. The van der Waals surface area contributed by atoms with Crippen LogP contribution in [0.25, 0.3) is 0 Å². The van der Waals surface area contributed by atoms with E-state index in [0.717, 1.165) is 0 Å². The average Bonchev–Trinajstić information content (AvgIpc) is 2.29. The largest absolute Gasteiger partial charge is 0.497 e. The fourth-order valence-electron chi connectivity index (χ4n) is 1.36. The number of aliphatic hydroxyl groups is 1. The highest BCUT2D eigenvalue weighted by Gasteiger charge is 2.28. The molecule has 2 N–H and O–H groups in total. The van der Waals surface area contributed by atoms with Crippen LogP contribution in [0.1, 0.15) is 11.6 Å². The van der Waals surface area contributed by atoms with E-state index in [1.54, 1.807) is 24.3 Å². The molecule has 0 radical (unpaired) electrons. The number of rotatable bonds is 5. The highest BCUT2D eigenvalue weighted by Crippen LogP contribution is 2.19. The molecule has 6 heteroatoms. The van der Waals surface area contributed by atoms with Crippen LogP contribution in [0.4, 0.5) is 13.2 Å². The Morgan fingerprint density at radius 1 is 1.29 bits per heavy atom. The van der Waals surface area contributed by atoms with Gasteiger partial charge in [-0.3, -0.25) is 5.32 Å². The van der Waals surface area contributed by atoms with Crippen molar-refractivity contribution in [3.63, 3.8) is 0 Å². The van der Waals surface area contributed by atoms with Crippen LogP contribution in [-0.2, 0) is 0 Å². The molecular weight excluding hydrogens is 235 g/mol. The lowest BCUT2D eigenvalue weighted by Gasteiger charge is -2.18. The molecule has 1 atom stereocenters. The van der Waals surface area contributed by atoms with E-state index in [4.69, 9.17) is 9.84 Å². The maximum Gasteiger partial charge on any atom is 0.401 e. The Labute approximate surface area is 97.2 Å². The normalized spacial score (nSPS) is 13.5. The first-order chi connectivity index (χ1) is 7.96. The molecule has 0 aliphatic rings. The van der Waals surface area contributed by atoms with E-state index in [1.165, 1.54) is 7.11 Å². The van der Waals surface area contributed by atoms with Crippen molar-refractivity contribution in [2.75, 3.05) is 20.3 Å². The summed E-state index contributed by atoms with van der Waals surface area (Å²) in [5.41, 5.74) is 0.581. The first-order valence-electron chi connectivity index (χ1n) is 5.01. The van der Waals surface area contributed by atoms with Crippen LogP contribution in [0.2, 0.25) is 0 Å². The second-order valence-corrected chi connectivity index (χ2v) is 3.50. The van der Waals surface area contributed by atoms with Gasteiger partial charge in [0.1, 0.15) is 5.75 Å². The van der Waals surface area contributed by atoms with Crippen molar-refractivity contribution in [1.29, 1.82) is 0 Å². The van der Waals surface area contributed by atoms with Crippen LogP contribution in [0.15, 0.2) is 24.3 Å². The first kappa shape index (κ1) is 13.8. The van der Waals surface area contributed by atoms with Gasteiger partial charge in [-0.1, -0.05) is 12.1 Å². The van der Waals surface area contributed by atoms with Crippen molar-refractivity contribution in [3.05, 3.63) is 29.8 Å². The molecule has 0 aromatic heterocycles. The standard InChI is InChI=1S/C11H14F3NO2/c1-17-9-4-2-8(3-5-9)10(6-16)15-7-11(12,13)14/h2-5,10,15-16H,6-7H2,1H3. The molecule has 1 unspecified atom stereocenters. The Bertz CT molecular complexity index is 338. The molecule has 96 valence electrons. The van der Waals surface area contributed by atoms with Crippen molar-refractivity contribution in [2.45, 2.75) is 12.2 Å². The van der Waals surface area contributed by atoms with Crippen LogP contribution in [0, 0.1) is 0 Å². The smallest absolute Gasteiger partial charge is 0.401 e. The van der Waals surface area contributed by atoms with E-state index in [0.29, 0.717) is 11.3 Å². The van der Waals surface area contributed by atoms with Gasteiger partial charge in [0.2, 0.25) is 0 Å². The van der Waals surface area contributed by atoms with Crippen molar-refractivity contribution >= 4 is 0 Å². The van der Waals surface area contributed by atoms with Gasteiger partial charge in [0.15, 0.2) is 0 Å². The van der Waals surface area contributed by atoms with Gasteiger partial charge in [-0.2, -0.15) is 13.2 Å². The van der Waals surface area contributed by atoms with Crippen molar-refractivity contribution < 1.29 is 23.0 Å². The number of hydrogen-bond donors (Lipinski definition) is 2. The molecule has 0 saturated carbocycles. The van der Waals surface area contributed by atoms with Crippen molar-refractivity contribution in [1.82, 2.24) is 5.32 Å². The van der Waals surface area contributed by atoms with Crippen LogP contribution in [0.3, 0.4) is 0 Å². The van der Waals surface area contributed by atoms with E-state index < -0.39 is 25.4 Å². The average molecular weight is 249 g/mol. The third-order valence-corrected chi connectivity index (χ3v) is 2.25. The summed E-state index contributed by atoms with van der Waals surface area (Å²) < 4.78 is 41.0. The van der Waals surface area contributed by atoms with Gasteiger partial charge < -0.3 is 9.84 Å². The zero-order valence-electron chi connectivity index (χ0n) is 9.29. The predicted molar refractivity (Wildman–Crippen MR) is 56.9 cm³/mol. The number of benzene rings is 1. The second-order valence-electron chi connectivity index (χ2n) is 3.50. The zero-order chi connectivity index (χ0) is 12.9. The Morgan fingerprint density at radius 2 is 1.88 bits per heavy atom. The number of nitrogens with one attached hydrogen (secondary N) is 1. The third-order valence-electron chi connectivity index (χ3n) is 2.25. The number of alkyl halides is 3. The van der Waals surface area contributed by atoms with E-state index >= 15 is 0 Å². The van der Waals surface area contributed by atoms with Crippen molar-refractivity contribution in [3.8, 4) is 5.75 Å². The third kappa shape index (κ3) is 4.62. The Hall–Kier alpha value is -1.27. The summed E-state index contributed by atoms with van der Waals surface area (Å²) in [5, 5.41) is 11.3. The molecule has 17 heavy (non-hydrogen) atoms. The summed E-state index contributed by atoms with van der Waals surface area (Å²) >= 11 is 0. The Kier molecular flexibility index (Phi) is 4.77. The summed E-state index contributed by atoms with van der Waals surface area (Å²) in [7, 11) is 1.50. The van der Waals surface area contributed by atoms with Gasteiger partial charge in [0.25, 0.3) is 0 Å². The van der Waals surface area contributed by atoms with Crippen LogP contribution < -0.4 is 10.1 Å². The van der Waals surface area contributed by atoms with Gasteiger partial charge >= 0.3 is 6.18 Å². The minimum absolute atomic E-state index is 0.400. The van der Waals surface area contributed by atoms with E-state index in [2.05, 4.69) is 5.32 Å². The fourth-order valence-corrected chi connectivity index (χ4v) is 1.36. The van der Waals surface area contributed by atoms with E-state index in [9.17, 15) is 13.2 Å². The molecule has 0 spiro atoms. The quantitative estimate of drug-likeness (QED) is 0.837. The van der Waals surface area contributed by atoms with Crippen LogP contribution in [0.5, 0.6) is 5.75 Å². The molecule has 3 nitrogen and oxygen atoms in total. The Morgan fingerprint density at radius 3 is 2.29 bits per heavy atom. The molecule has 1 aromatic carbocycles. The molecule has 0 aliphatic heterocycles. The van der Waals surface area contributed by atoms with Gasteiger partial charge in [-0.05, 0) is 17.7 Å². The lowest BCUT2D eigenvalue weighted by Crippen LogP contribution is -2.33. The van der Waals surface area contributed by atoms with Gasteiger partial charge in [0.05, 0.1) is 26.3 Å². The summed E-state index contributed by atoms with van der Waals surface area (Å²) in [6.45, 7) is -1.54. The maximum atomic E-state index is 12.0. The maximum absolute atomic E-state index is 12.0. The van der Waals surface area contributed by atoms with Crippen LogP contribution in [-0.4, -0.2) is 31.5 Å². The molecular formula is C11H14F3NO2. The highest BCUT2D eigenvalue weighted by molar-refractivity contribution is 5.29. The van der Waals surface area contributed by atoms with Gasteiger partial charge in [-0.25, -0.2) is 0 Å². The number of hydrogen-bond acceptors (Lipinski definition) is 3. The lowest BCUT2D eigenvalue weighted by atomic mass is 10.1. The molecule has 0 bridgehead atoms. The van der Waals surface area contributed by atoms with Gasteiger partial charge in [0, 0.05) is 0 Å². The molecule has 0 aliphatic carbocycles. The summed E-state index contributed by atoms with van der Waals surface area (Å²) in [6.07, 6.45) is -4.29. The molecule has 1 rings (SSSR count). The van der Waals surface area contributed by atoms with E-state index in [-0.39, 0.29) is 0 Å². The molecule has 0 saturated heterocycles. The monoisotopic (exact) mass is 249 g/mol. The molecule has 0 fully saturated rings. The van der Waals surface area contributed by atoms with Crippen molar-refractivity contribution in [2.24, 2.45) is 0 Å². The Balaban J connectivity index is 2.66. The number of aliphatic hydroxyl groups excluding tert-OH is 1. The minimum Gasteiger partial charge on any atom is -0.497 e. The number of halogens is 3. The summed E-state index contributed by atoms with van der Waals surface area (Å²) in [6, 6.07) is 5.76. The molecule has 0 heterocycles. The number of ether oxygens (including phenoxy) is 1. The topological polar surface area (TPSA) is 41.5 Å². The summed E-state index contributed by atoms with van der Waals surface area (Å²) in [5.74, 6) is 0.612. The van der Waals surface area contributed by atoms with E-state index in [1.807, 2.05) is 0 Å². The second kappa shape index (κ2) is 5.88. The lowest BCUT2D eigenvalue weighted by molar-refractivity contribution is -0.126. The van der Waals surface area contributed by atoms with Gasteiger partial charge in [-0.15, -0.1) is 0 Å². The minimum atomic E-state index is -4.29. The zero-order valence-corrected chi connectivity index (χ0v) is 9.29. The van der Waals surface area contributed by atoms with Crippen LogP contribution >= 0.6 is 0 Å². The number of methoxy groups -OCH3 is 1. The fraction of sp³-hybridized carbons (Fsp3) is 0.455. The first-order valence-corrected chi connectivity index (χ1v) is 5.01. The highest BCUT2D eigenvalue weighted by atomic mass is 19.4.